The molecule has 0 radical (unpaired) electrons. The van der Waals surface area contributed by atoms with Gasteiger partial charge in [-0.15, -0.1) is 0 Å². The molecule has 0 fully saturated rings. The minimum Gasteiger partial charge on any atom is -0.451 e. The zero-order valence-corrected chi connectivity index (χ0v) is 14.4. The average Bonchev–Trinajstić information content (AvgIpc) is 2.93. The van der Waals surface area contributed by atoms with Crippen molar-refractivity contribution in [2.45, 2.75) is 12.3 Å². The van der Waals surface area contributed by atoms with Crippen molar-refractivity contribution in [3.8, 4) is 0 Å². The van der Waals surface area contributed by atoms with Gasteiger partial charge in [-0.05, 0) is 23.8 Å². The highest BCUT2D eigenvalue weighted by atomic mass is 32.2. The van der Waals surface area contributed by atoms with Crippen LogP contribution in [-0.2, 0) is 23.1 Å². The molecule has 0 spiro atoms. The highest BCUT2D eigenvalue weighted by molar-refractivity contribution is 7.83. The smallest absolute Gasteiger partial charge is 0.289 e. The summed E-state index contributed by atoms with van der Waals surface area (Å²) in [6.45, 7) is 0.451. The zero-order valence-electron chi connectivity index (χ0n) is 13.6. The van der Waals surface area contributed by atoms with Crippen molar-refractivity contribution in [3.05, 3.63) is 65.7 Å². The van der Waals surface area contributed by atoms with E-state index in [-0.39, 0.29) is 11.7 Å². The predicted octanol–water partition coefficient (Wildman–Crippen LogP) is 2.98. The number of rotatable bonds is 5. The van der Waals surface area contributed by atoms with E-state index in [2.05, 4.69) is 4.98 Å². The van der Waals surface area contributed by atoms with Crippen molar-refractivity contribution in [2.24, 2.45) is 0 Å². The molecule has 0 saturated carbocycles. The first-order chi connectivity index (χ1) is 11.6. The van der Waals surface area contributed by atoms with Gasteiger partial charge >= 0.3 is 0 Å². The first kappa shape index (κ1) is 16.4. The van der Waals surface area contributed by atoms with Gasteiger partial charge < -0.3 is 9.32 Å². The molecule has 0 bridgehead atoms. The molecule has 1 atom stereocenters. The van der Waals surface area contributed by atoms with Gasteiger partial charge in [-0.1, -0.05) is 18.2 Å². The maximum Gasteiger partial charge on any atom is 0.289 e. The van der Waals surface area contributed by atoms with Crippen molar-refractivity contribution in [2.75, 3.05) is 13.3 Å². The second kappa shape index (κ2) is 6.97. The Morgan fingerprint density at radius 2 is 1.92 bits per heavy atom. The number of aromatic nitrogens is 1. The summed E-state index contributed by atoms with van der Waals surface area (Å²) in [5.74, 6) is 0.340. The summed E-state index contributed by atoms with van der Waals surface area (Å²) in [6.07, 6.45) is 5.01. The van der Waals surface area contributed by atoms with Crippen molar-refractivity contribution < 1.29 is 13.4 Å². The van der Waals surface area contributed by atoms with E-state index in [1.807, 2.05) is 36.4 Å². The van der Waals surface area contributed by atoms with Crippen LogP contribution >= 0.6 is 0 Å². The fourth-order valence-corrected chi connectivity index (χ4v) is 3.32. The number of carbonyl (C=O) groups excluding carboxylic acids is 1. The third-order valence-electron chi connectivity index (χ3n) is 3.76. The summed E-state index contributed by atoms with van der Waals surface area (Å²) in [6, 6.07) is 11.2. The Balaban J connectivity index is 1.95. The lowest BCUT2D eigenvalue weighted by atomic mass is 10.1. The van der Waals surface area contributed by atoms with E-state index >= 15 is 0 Å². The largest absolute Gasteiger partial charge is 0.451 e. The number of amides is 1. The fraction of sp³-hybridized carbons (Fsp3) is 0.222. The first-order valence-electron chi connectivity index (χ1n) is 7.51. The Labute approximate surface area is 142 Å². The van der Waals surface area contributed by atoms with Gasteiger partial charge in [-0.2, -0.15) is 0 Å². The number of fused-ring (bicyclic) bond motifs is 1. The van der Waals surface area contributed by atoms with E-state index < -0.39 is 10.8 Å². The fourth-order valence-electron chi connectivity index (χ4n) is 2.63. The first-order valence-corrected chi connectivity index (χ1v) is 9.24. The molecular weight excluding hydrogens is 324 g/mol. The molecule has 1 amide bonds. The summed E-state index contributed by atoms with van der Waals surface area (Å²) in [5, 5.41) is 0.841. The number of benzene rings is 1. The summed E-state index contributed by atoms with van der Waals surface area (Å²) in [7, 11) is 0.657. The Kier molecular flexibility index (Phi) is 4.76. The van der Waals surface area contributed by atoms with E-state index in [9.17, 15) is 9.00 Å². The highest BCUT2D eigenvalue weighted by Crippen LogP contribution is 2.28. The van der Waals surface area contributed by atoms with Crippen molar-refractivity contribution in [1.29, 1.82) is 0 Å². The van der Waals surface area contributed by atoms with Crippen molar-refractivity contribution in [3.63, 3.8) is 0 Å². The molecule has 3 rings (SSSR count). The molecule has 5 nitrogen and oxygen atoms in total. The van der Waals surface area contributed by atoms with Gasteiger partial charge in [0.2, 0.25) is 0 Å². The van der Waals surface area contributed by atoms with Gasteiger partial charge in [0.05, 0.1) is 5.75 Å². The van der Waals surface area contributed by atoms with Crippen LogP contribution in [0.2, 0.25) is 0 Å². The Morgan fingerprint density at radius 3 is 2.62 bits per heavy atom. The molecule has 0 saturated heterocycles. The second-order valence-electron chi connectivity index (χ2n) is 5.64. The summed E-state index contributed by atoms with van der Waals surface area (Å²) < 4.78 is 17.5. The van der Waals surface area contributed by atoms with Gasteiger partial charge in [0.1, 0.15) is 5.58 Å². The van der Waals surface area contributed by atoms with E-state index in [1.54, 1.807) is 30.6 Å². The molecule has 124 valence electrons. The number of hydrogen-bond donors (Lipinski definition) is 0. The molecule has 2 aromatic heterocycles. The maximum atomic E-state index is 12.8. The van der Waals surface area contributed by atoms with Crippen LogP contribution in [0.4, 0.5) is 0 Å². The molecular formula is C18H18N2O3S. The summed E-state index contributed by atoms with van der Waals surface area (Å²) in [5.41, 5.74) is 2.33. The molecule has 3 aromatic rings. The van der Waals surface area contributed by atoms with Crippen LogP contribution in [0.5, 0.6) is 0 Å². The molecule has 0 aliphatic rings. The third-order valence-corrected chi connectivity index (χ3v) is 4.45. The number of furan rings is 1. The van der Waals surface area contributed by atoms with Gasteiger partial charge in [-0.25, -0.2) is 0 Å². The SMILES string of the molecule is CN(Cc1ccncc1)C(=O)c1oc2ccccc2c1CS(C)=O. The molecule has 0 aliphatic carbocycles. The average molecular weight is 342 g/mol. The molecule has 6 heteroatoms. The summed E-state index contributed by atoms with van der Waals surface area (Å²) in [4.78, 5) is 18.4. The van der Waals surface area contributed by atoms with Gasteiger partial charge in [-0.3, -0.25) is 14.0 Å². The Hall–Kier alpha value is -2.47. The zero-order chi connectivity index (χ0) is 17.1. The lowest BCUT2D eigenvalue weighted by molar-refractivity contribution is 0.0754. The topological polar surface area (TPSA) is 63.4 Å². The van der Waals surface area contributed by atoms with Crippen LogP contribution in [-0.4, -0.2) is 33.3 Å². The molecule has 24 heavy (non-hydrogen) atoms. The second-order valence-corrected chi connectivity index (χ2v) is 7.08. The number of carbonyl (C=O) groups is 1. The van der Waals surface area contributed by atoms with Crippen LogP contribution < -0.4 is 0 Å². The highest BCUT2D eigenvalue weighted by Gasteiger charge is 2.24. The standard InChI is InChI=1S/C18H18N2O3S/c1-20(11-13-7-9-19-10-8-13)18(21)17-15(12-24(2)22)14-5-3-4-6-16(14)23-17/h3-10H,11-12H2,1-2H3. The van der Waals surface area contributed by atoms with E-state index in [0.717, 1.165) is 10.9 Å². The van der Waals surface area contributed by atoms with Crippen LogP contribution in [0.15, 0.2) is 53.2 Å². The molecule has 1 aromatic carbocycles. The van der Waals surface area contributed by atoms with E-state index in [0.29, 0.717) is 23.4 Å². The number of hydrogen-bond acceptors (Lipinski definition) is 4. The Morgan fingerprint density at radius 1 is 1.21 bits per heavy atom. The van der Waals surface area contributed by atoms with E-state index in [1.165, 1.54) is 0 Å². The summed E-state index contributed by atoms with van der Waals surface area (Å²) >= 11 is 0. The van der Waals surface area contributed by atoms with E-state index in [4.69, 9.17) is 4.42 Å². The Bertz CT molecular complexity index is 890. The monoisotopic (exact) mass is 342 g/mol. The minimum absolute atomic E-state index is 0.219. The number of pyridine rings is 1. The number of nitrogens with zero attached hydrogens (tertiary/aromatic N) is 2. The lowest BCUT2D eigenvalue weighted by Gasteiger charge is -2.16. The lowest BCUT2D eigenvalue weighted by Crippen LogP contribution is -2.26. The van der Waals surface area contributed by atoms with Crippen LogP contribution in [0.1, 0.15) is 21.7 Å². The van der Waals surface area contributed by atoms with Gasteiger partial charge in [0.15, 0.2) is 5.76 Å². The molecule has 2 heterocycles. The van der Waals surface area contributed by atoms with Crippen molar-refractivity contribution >= 4 is 27.7 Å². The quantitative estimate of drug-likeness (QED) is 0.715. The van der Waals surface area contributed by atoms with Crippen LogP contribution in [0, 0.1) is 0 Å². The number of para-hydroxylation sites is 1. The normalized spacial score (nSPS) is 12.2. The van der Waals surface area contributed by atoms with Gasteiger partial charge in [0, 0.05) is 54.0 Å². The minimum atomic E-state index is -1.07. The molecule has 0 N–H and O–H groups in total. The molecule has 1 unspecified atom stereocenters. The van der Waals surface area contributed by atoms with Crippen LogP contribution in [0.3, 0.4) is 0 Å². The predicted molar refractivity (Wildman–Crippen MR) is 94.0 cm³/mol. The third kappa shape index (κ3) is 3.38. The van der Waals surface area contributed by atoms with Gasteiger partial charge in [0.25, 0.3) is 5.91 Å². The maximum absolute atomic E-state index is 12.8. The van der Waals surface area contributed by atoms with Crippen LogP contribution in [0.25, 0.3) is 11.0 Å². The molecule has 0 aliphatic heterocycles. The van der Waals surface area contributed by atoms with Crippen molar-refractivity contribution in [1.82, 2.24) is 9.88 Å².